The van der Waals surface area contributed by atoms with Crippen LogP contribution in [0.25, 0.3) is 0 Å². The molecule has 2 aromatic carbocycles. The van der Waals surface area contributed by atoms with Crippen LogP contribution in [-0.4, -0.2) is 35.5 Å². The Kier molecular flexibility index (Phi) is 5.32. The number of rotatable bonds is 3. The zero-order valence-corrected chi connectivity index (χ0v) is 15.2. The van der Waals surface area contributed by atoms with Crippen LogP contribution in [0.3, 0.4) is 0 Å². The Morgan fingerprint density at radius 2 is 2.04 bits per heavy atom. The molecule has 0 saturated carbocycles. The van der Waals surface area contributed by atoms with Gasteiger partial charge >= 0.3 is 5.97 Å². The van der Waals surface area contributed by atoms with Crippen molar-refractivity contribution >= 4 is 40.8 Å². The van der Waals surface area contributed by atoms with E-state index in [2.05, 4.69) is 5.32 Å². The minimum atomic E-state index is -0.867. The number of nitrogens with one attached hydrogen (secondary N) is 1. The second-order valence-corrected chi connectivity index (χ2v) is 6.56. The molecule has 1 atom stereocenters. The number of halogens is 1. The molecule has 2 amide bonds. The van der Waals surface area contributed by atoms with Crippen molar-refractivity contribution in [3.05, 3.63) is 53.1 Å². The van der Waals surface area contributed by atoms with Gasteiger partial charge in [0, 0.05) is 17.5 Å². The average molecular weight is 389 g/mol. The summed E-state index contributed by atoms with van der Waals surface area (Å²) in [5.74, 6) is -1.85. The van der Waals surface area contributed by atoms with Crippen molar-refractivity contribution < 1.29 is 24.2 Å². The van der Waals surface area contributed by atoms with E-state index >= 15 is 0 Å². The van der Waals surface area contributed by atoms with Gasteiger partial charge in [-0.2, -0.15) is 0 Å². The number of nitrogens with zero attached hydrogens (tertiary/aromatic N) is 1. The third-order valence-electron chi connectivity index (χ3n) is 4.13. The summed E-state index contributed by atoms with van der Waals surface area (Å²) in [5, 5.41) is 12.8. The van der Waals surface area contributed by atoms with Gasteiger partial charge in [0.05, 0.1) is 11.4 Å². The molecule has 0 aliphatic carbocycles. The van der Waals surface area contributed by atoms with E-state index in [1.165, 1.54) is 23.1 Å². The van der Waals surface area contributed by atoms with Gasteiger partial charge in [0.15, 0.2) is 6.61 Å². The SMILES string of the molecule is C[C@@H]1CC(=O)Nc2ccccc2N1C(=O)COC(=O)c1cc(Cl)ccc1O. The van der Waals surface area contributed by atoms with E-state index in [0.717, 1.165) is 0 Å². The van der Waals surface area contributed by atoms with Gasteiger partial charge in [-0.25, -0.2) is 4.79 Å². The van der Waals surface area contributed by atoms with Crippen LogP contribution in [-0.2, 0) is 14.3 Å². The van der Waals surface area contributed by atoms with Crippen molar-refractivity contribution in [2.45, 2.75) is 19.4 Å². The van der Waals surface area contributed by atoms with Gasteiger partial charge in [0.1, 0.15) is 11.3 Å². The second kappa shape index (κ2) is 7.67. The van der Waals surface area contributed by atoms with Crippen molar-refractivity contribution in [2.24, 2.45) is 0 Å². The number of phenols is 1. The summed E-state index contributed by atoms with van der Waals surface area (Å²) in [7, 11) is 0. The summed E-state index contributed by atoms with van der Waals surface area (Å²) in [6.45, 7) is 1.20. The van der Waals surface area contributed by atoms with Gasteiger partial charge in [-0.15, -0.1) is 0 Å². The summed E-state index contributed by atoms with van der Waals surface area (Å²) in [5.41, 5.74) is 0.915. The van der Waals surface area contributed by atoms with E-state index in [9.17, 15) is 19.5 Å². The topological polar surface area (TPSA) is 95.9 Å². The number of hydrogen-bond donors (Lipinski definition) is 2. The maximum atomic E-state index is 12.7. The van der Waals surface area contributed by atoms with Crippen LogP contribution in [0.15, 0.2) is 42.5 Å². The van der Waals surface area contributed by atoms with Crippen molar-refractivity contribution in [2.75, 3.05) is 16.8 Å². The molecule has 0 aromatic heterocycles. The van der Waals surface area contributed by atoms with Crippen molar-refractivity contribution in [1.29, 1.82) is 0 Å². The number of amides is 2. The molecule has 140 valence electrons. The highest BCUT2D eigenvalue weighted by Gasteiger charge is 2.30. The average Bonchev–Trinajstić information content (AvgIpc) is 2.75. The number of anilines is 2. The minimum absolute atomic E-state index is 0.115. The lowest BCUT2D eigenvalue weighted by Crippen LogP contribution is -2.41. The molecule has 8 heteroatoms. The molecular formula is C19H17ClN2O5. The maximum Gasteiger partial charge on any atom is 0.342 e. The van der Waals surface area contributed by atoms with E-state index < -0.39 is 24.5 Å². The van der Waals surface area contributed by atoms with Crippen LogP contribution in [0.5, 0.6) is 5.75 Å². The lowest BCUT2D eigenvalue weighted by molar-refractivity contribution is -0.122. The standard InChI is InChI=1S/C19H17ClN2O5/c1-11-8-17(24)21-14-4-2-3-5-15(14)22(11)18(25)10-27-19(26)13-9-12(20)6-7-16(13)23/h2-7,9,11,23H,8,10H2,1H3,(H,21,24)/t11-/m1/s1. The Bertz CT molecular complexity index is 915. The third kappa shape index (κ3) is 4.03. The fourth-order valence-electron chi connectivity index (χ4n) is 2.91. The quantitative estimate of drug-likeness (QED) is 0.788. The molecule has 2 N–H and O–H groups in total. The van der Waals surface area contributed by atoms with Crippen LogP contribution >= 0.6 is 11.6 Å². The van der Waals surface area contributed by atoms with Gasteiger partial charge in [0.25, 0.3) is 5.91 Å². The van der Waals surface area contributed by atoms with Gasteiger partial charge in [-0.1, -0.05) is 23.7 Å². The van der Waals surface area contributed by atoms with Gasteiger partial charge < -0.3 is 20.1 Å². The maximum absolute atomic E-state index is 12.7. The molecule has 0 radical (unpaired) electrons. The molecule has 2 aromatic rings. The lowest BCUT2D eigenvalue weighted by atomic mass is 10.1. The monoisotopic (exact) mass is 388 g/mol. The highest BCUT2D eigenvalue weighted by atomic mass is 35.5. The summed E-state index contributed by atoms with van der Waals surface area (Å²) in [4.78, 5) is 38.3. The number of phenolic OH excluding ortho intramolecular Hbond substituents is 1. The normalized spacial score (nSPS) is 16.1. The number of benzene rings is 2. The number of esters is 1. The molecule has 1 aliphatic heterocycles. The Morgan fingerprint density at radius 1 is 1.30 bits per heavy atom. The van der Waals surface area contributed by atoms with Crippen LogP contribution in [0.2, 0.25) is 5.02 Å². The number of carbonyl (C=O) groups is 3. The van der Waals surface area contributed by atoms with E-state index in [1.54, 1.807) is 31.2 Å². The molecule has 7 nitrogen and oxygen atoms in total. The molecule has 0 saturated heterocycles. The van der Waals surface area contributed by atoms with E-state index in [-0.39, 0.29) is 28.7 Å². The predicted octanol–water partition coefficient (Wildman–Crippen LogP) is 2.97. The molecule has 1 heterocycles. The van der Waals surface area contributed by atoms with E-state index in [1.807, 2.05) is 0 Å². The van der Waals surface area contributed by atoms with E-state index in [0.29, 0.717) is 11.4 Å². The van der Waals surface area contributed by atoms with Crippen LogP contribution in [0, 0.1) is 0 Å². The Morgan fingerprint density at radius 3 is 2.81 bits per heavy atom. The number of fused-ring (bicyclic) bond motifs is 1. The van der Waals surface area contributed by atoms with Gasteiger partial charge in [-0.05, 0) is 37.3 Å². The zero-order valence-electron chi connectivity index (χ0n) is 14.4. The number of carbonyl (C=O) groups excluding carboxylic acids is 3. The van der Waals surface area contributed by atoms with Gasteiger partial charge in [-0.3, -0.25) is 9.59 Å². The summed E-state index contributed by atoms with van der Waals surface area (Å²) < 4.78 is 5.06. The van der Waals surface area contributed by atoms with Gasteiger partial charge in [0.2, 0.25) is 5.91 Å². The minimum Gasteiger partial charge on any atom is -0.507 e. The number of para-hydroxylation sites is 2. The Labute approximate surface area is 160 Å². The molecule has 0 spiro atoms. The molecule has 1 aliphatic rings. The molecule has 0 bridgehead atoms. The lowest BCUT2D eigenvalue weighted by Gasteiger charge is -2.27. The first-order valence-electron chi connectivity index (χ1n) is 8.23. The Hall–Kier alpha value is -3.06. The smallest absolute Gasteiger partial charge is 0.342 e. The summed E-state index contributed by atoms with van der Waals surface area (Å²) in [6, 6.07) is 10.4. The first kappa shape index (κ1) is 18.7. The zero-order chi connectivity index (χ0) is 19.6. The fourth-order valence-corrected chi connectivity index (χ4v) is 3.09. The van der Waals surface area contributed by atoms with Crippen molar-refractivity contribution in [1.82, 2.24) is 0 Å². The fraction of sp³-hybridized carbons (Fsp3) is 0.211. The van der Waals surface area contributed by atoms with Crippen LogP contribution < -0.4 is 10.2 Å². The first-order valence-corrected chi connectivity index (χ1v) is 8.61. The molecule has 3 rings (SSSR count). The molecule has 0 unspecified atom stereocenters. The summed E-state index contributed by atoms with van der Waals surface area (Å²) >= 11 is 5.82. The van der Waals surface area contributed by atoms with Crippen LogP contribution in [0.4, 0.5) is 11.4 Å². The number of aromatic hydroxyl groups is 1. The Balaban J connectivity index is 1.78. The first-order chi connectivity index (χ1) is 12.9. The molecule has 27 heavy (non-hydrogen) atoms. The predicted molar refractivity (Wildman–Crippen MR) is 100 cm³/mol. The highest BCUT2D eigenvalue weighted by Crippen LogP contribution is 2.31. The number of ether oxygens (including phenoxy) is 1. The van der Waals surface area contributed by atoms with Crippen molar-refractivity contribution in [3.63, 3.8) is 0 Å². The highest BCUT2D eigenvalue weighted by molar-refractivity contribution is 6.31. The third-order valence-corrected chi connectivity index (χ3v) is 4.37. The van der Waals surface area contributed by atoms with Crippen molar-refractivity contribution in [3.8, 4) is 5.75 Å². The molecular weight excluding hydrogens is 372 g/mol. The molecule has 0 fully saturated rings. The van der Waals surface area contributed by atoms with Crippen LogP contribution in [0.1, 0.15) is 23.7 Å². The largest absolute Gasteiger partial charge is 0.507 e. The second-order valence-electron chi connectivity index (χ2n) is 6.12. The number of hydrogen-bond acceptors (Lipinski definition) is 5. The summed E-state index contributed by atoms with van der Waals surface area (Å²) in [6.07, 6.45) is 0.115. The van der Waals surface area contributed by atoms with E-state index in [4.69, 9.17) is 16.3 Å².